The van der Waals surface area contributed by atoms with Crippen LogP contribution in [-0.4, -0.2) is 42.7 Å². The number of carbonyl (C=O) groups is 2. The molecule has 0 fully saturated rings. The number of likely N-dealkylation sites (N-methyl/N-ethyl adjacent to an activating group) is 1. The van der Waals surface area contributed by atoms with E-state index in [4.69, 9.17) is 10.00 Å². The second kappa shape index (κ2) is 9.70. The summed E-state index contributed by atoms with van der Waals surface area (Å²) in [4.78, 5) is 26.2. The summed E-state index contributed by atoms with van der Waals surface area (Å²) in [6, 6.07) is 9.70. The molecule has 5 nitrogen and oxygen atoms in total. The Balaban J connectivity index is 2.52. The molecule has 0 heterocycles. The van der Waals surface area contributed by atoms with Gasteiger partial charge >= 0.3 is 5.97 Å². The van der Waals surface area contributed by atoms with Gasteiger partial charge in [-0.3, -0.25) is 4.79 Å². The molecule has 0 saturated heterocycles. The van der Waals surface area contributed by atoms with Crippen molar-refractivity contribution in [3.63, 3.8) is 0 Å². The molecule has 0 unspecified atom stereocenters. The SMILES string of the molecule is CSc1ccc(/C=C/C(=O)O[C@@H](C)C(=O)N(C)CCC#N)cc1. The molecule has 122 valence electrons. The zero-order valence-electron chi connectivity index (χ0n) is 13.5. The van der Waals surface area contributed by atoms with Crippen molar-refractivity contribution in [3.8, 4) is 6.07 Å². The van der Waals surface area contributed by atoms with Crippen LogP contribution in [0.25, 0.3) is 6.08 Å². The van der Waals surface area contributed by atoms with Crippen LogP contribution in [0, 0.1) is 11.3 Å². The number of benzene rings is 1. The molecule has 1 rings (SSSR count). The number of ether oxygens (including phenoxy) is 1. The topological polar surface area (TPSA) is 70.4 Å². The first kappa shape index (κ1) is 18.8. The van der Waals surface area contributed by atoms with Crippen molar-refractivity contribution in [2.24, 2.45) is 0 Å². The highest BCUT2D eigenvalue weighted by Crippen LogP contribution is 2.15. The van der Waals surface area contributed by atoms with Gasteiger partial charge in [-0.1, -0.05) is 12.1 Å². The van der Waals surface area contributed by atoms with Gasteiger partial charge in [-0.05, 0) is 37.0 Å². The zero-order chi connectivity index (χ0) is 17.2. The molecular weight excluding hydrogens is 312 g/mol. The highest BCUT2D eigenvalue weighted by Gasteiger charge is 2.20. The van der Waals surface area contributed by atoms with Gasteiger partial charge in [0.1, 0.15) is 0 Å². The van der Waals surface area contributed by atoms with Gasteiger partial charge in [-0.25, -0.2) is 4.79 Å². The highest BCUT2D eigenvalue weighted by molar-refractivity contribution is 7.98. The largest absolute Gasteiger partial charge is 0.449 e. The lowest BCUT2D eigenvalue weighted by molar-refractivity contribution is -0.154. The predicted octanol–water partition coefficient (Wildman–Crippen LogP) is 2.73. The number of hydrogen-bond acceptors (Lipinski definition) is 5. The number of rotatable bonds is 7. The van der Waals surface area contributed by atoms with Crippen molar-refractivity contribution >= 4 is 29.7 Å². The first-order chi connectivity index (χ1) is 11.0. The van der Waals surface area contributed by atoms with E-state index < -0.39 is 12.1 Å². The summed E-state index contributed by atoms with van der Waals surface area (Å²) >= 11 is 1.64. The molecular formula is C17H20N2O3S. The van der Waals surface area contributed by atoms with Crippen LogP contribution in [0.15, 0.2) is 35.2 Å². The minimum absolute atomic E-state index is 0.245. The van der Waals surface area contributed by atoms with E-state index in [1.54, 1.807) is 24.9 Å². The van der Waals surface area contributed by atoms with Crippen molar-refractivity contribution in [2.45, 2.75) is 24.3 Å². The maximum atomic E-state index is 11.9. The Labute approximate surface area is 140 Å². The molecule has 0 aliphatic heterocycles. The third-order valence-corrected chi connectivity index (χ3v) is 3.85. The summed E-state index contributed by atoms with van der Waals surface area (Å²) in [7, 11) is 1.58. The van der Waals surface area contributed by atoms with Crippen molar-refractivity contribution in [2.75, 3.05) is 19.8 Å². The van der Waals surface area contributed by atoms with Crippen molar-refractivity contribution in [3.05, 3.63) is 35.9 Å². The average Bonchev–Trinajstić information content (AvgIpc) is 2.57. The molecule has 1 amide bonds. The van der Waals surface area contributed by atoms with Gasteiger partial charge in [0.15, 0.2) is 6.10 Å². The molecule has 0 aliphatic rings. The number of nitriles is 1. The normalized spacial score (nSPS) is 11.7. The van der Waals surface area contributed by atoms with E-state index in [-0.39, 0.29) is 12.3 Å². The molecule has 23 heavy (non-hydrogen) atoms. The highest BCUT2D eigenvalue weighted by atomic mass is 32.2. The van der Waals surface area contributed by atoms with E-state index in [2.05, 4.69) is 0 Å². The van der Waals surface area contributed by atoms with Crippen LogP contribution in [0.1, 0.15) is 18.9 Å². The lowest BCUT2D eigenvalue weighted by Crippen LogP contribution is -2.37. The molecule has 6 heteroatoms. The van der Waals surface area contributed by atoms with E-state index in [1.807, 2.05) is 36.6 Å². The van der Waals surface area contributed by atoms with Gasteiger partial charge in [0.2, 0.25) is 0 Å². The number of amides is 1. The molecule has 0 aromatic heterocycles. The Hall–Kier alpha value is -2.26. The van der Waals surface area contributed by atoms with E-state index in [9.17, 15) is 9.59 Å². The predicted molar refractivity (Wildman–Crippen MR) is 90.7 cm³/mol. The number of hydrogen-bond donors (Lipinski definition) is 0. The van der Waals surface area contributed by atoms with Gasteiger partial charge in [0, 0.05) is 24.6 Å². The number of esters is 1. The lowest BCUT2D eigenvalue weighted by Gasteiger charge is -2.19. The van der Waals surface area contributed by atoms with Crippen molar-refractivity contribution < 1.29 is 14.3 Å². The van der Waals surface area contributed by atoms with Crippen LogP contribution in [0.5, 0.6) is 0 Å². The van der Waals surface area contributed by atoms with Crippen LogP contribution >= 0.6 is 11.8 Å². The summed E-state index contributed by atoms with van der Waals surface area (Å²) in [5.74, 6) is -0.903. The Bertz CT molecular complexity index is 605. The van der Waals surface area contributed by atoms with E-state index in [0.29, 0.717) is 6.54 Å². The minimum Gasteiger partial charge on any atom is -0.449 e. The fraction of sp³-hybridized carbons (Fsp3) is 0.353. The maximum absolute atomic E-state index is 11.9. The van der Waals surface area contributed by atoms with Crippen LogP contribution in [-0.2, 0) is 14.3 Å². The monoisotopic (exact) mass is 332 g/mol. The summed E-state index contributed by atoms with van der Waals surface area (Å²) in [5.41, 5.74) is 0.880. The molecule has 1 atom stereocenters. The third-order valence-electron chi connectivity index (χ3n) is 3.10. The Morgan fingerprint density at radius 3 is 2.61 bits per heavy atom. The standard InChI is InChI=1S/C17H20N2O3S/c1-13(17(21)19(2)12-4-11-18)22-16(20)10-7-14-5-8-15(23-3)9-6-14/h5-10,13H,4,12H2,1-3H3/b10-7+/t13-/m0/s1. The van der Waals surface area contributed by atoms with Gasteiger partial charge < -0.3 is 9.64 Å². The van der Waals surface area contributed by atoms with Gasteiger partial charge in [0.25, 0.3) is 5.91 Å². The molecule has 0 radical (unpaired) electrons. The molecule has 1 aromatic carbocycles. The second-order valence-electron chi connectivity index (χ2n) is 4.85. The summed E-state index contributed by atoms with van der Waals surface area (Å²) < 4.78 is 5.08. The Morgan fingerprint density at radius 1 is 1.39 bits per heavy atom. The summed E-state index contributed by atoms with van der Waals surface area (Å²) in [6.45, 7) is 1.83. The molecule has 0 N–H and O–H groups in total. The first-order valence-corrected chi connectivity index (χ1v) is 8.35. The third kappa shape index (κ3) is 6.57. The van der Waals surface area contributed by atoms with Gasteiger partial charge in [-0.15, -0.1) is 11.8 Å². The molecule has 0 spiro atoms. The number of nitrogens with zero attached hydrogens (tertiary/aromatic N) is 2. The molecule has 0 aliphatic carbocycles. The molecule has 0 bridgehead atoms. The average molecular weight is 332 g/mol. The van der Waals surface area contributed by atoms with Gasteiger partial charge in [0.05, 0.1) is 12.5 Å². The van der Waals surface area contributed by atoms with Gasteiger partial charge in [-0.2, -0.15) is 5.26 Å². The maximum Gasteiger partial charge on any atom is 0.331 e. The van der Waals surface area contributed by atoms with Crippen molar-refractivity contribution in [1.29, 1.82) is 5.26 Å². The Morgan fingerprint density at radius 2 is 2.04 bits per heavy atom. The Kier molecular flexibility index (Phi) is 7.92. The number of thioether (sulfide) groups is 1. The molecule has 1 aromatic rings. The fourth-order valence-electron chi connectivity index (χ4n) is 1.78. The van der Waals surface area contributed by atoms with Crippen LogP contribution < -0.4 is 0 Å². The van der Waals surface area contributed by atoms with E-state index in [1.165, 1.54) is 17.9 Å². The second-order valence-corrected chi connectivity index (χ2v) is 5.73. The fourth-order valence-corrected chi connectivity index (χ4v) is 2.19. The minimum atomic E-state index is -0.880. The zero-order valence-corrected chi connectivity index (χ0v) is 14.3. The lowest BCUT2D eigenvalue weighted by atomic mass is 10.2. The smallest absolute Gasteiger partial charge is 0.331 e. The molecule has 0 saturated carbocycles. The summed E-state index contributed by atoms with van der Waals surface area (Å²) in [6.07, 6.45) is 4.30. The number of carbonyl (C=O) groups excluding carboxylic acids is 2. The van der Waals surface area contributed by atoms with E-state index >= 15 is 0 Å². The van der Waals surface area contributed by atoms with Crippen LogP contribution in [0.3, 0.4) is 0 Å². The van der Waals surface area contributed by atoms with Crippen LogP contribution in [0.2, 0.25) is 0 Å². The van der Waals surface area contributed by atoms with E-state index in [0.717, 1.165) is 10.5 Å². The van der Waals surface area contributed by atoms with Crippen molar-refractivity contribution in [1.82, 2.24) is 4.90 Å². The van der Waals surface area contributed by atoms with Crippen LogP contribution in [0.4, 0.5) is 0 Å². The first-order valence-electron chi connectivity index (χ1n) is 7.12. The summed E-state index contributed by atoms with van der Waals surface area (Å²) in [5, 5.41) is 8.51. The quantitative estimate of drug-likeness (QED) is 0.436.